The zero-order valence-electron chi connectivity index (χ0n) is 14.0. The lowest BCUT2D eigenvalue weighted by molar-refractivity contribution is 0.146. The van der Waals surface area contributed by atoms with Gasteiger partial charge < -0.3 is 25.0 Å². The highest BCUT2D eigenvalue weighted by atomic mass is 35.5. The molecule has 0 atom stereocenters. The van der Waals surface area contributed by atoms with E-state index < -0.39 is 0 Å². The van der Waals surface area contributed by atoms with Gasteiger partial charge in [0, 0.05) is 25.9 Å². The van der Waals surface area contributed by atoms with Crippen molar-refractivity contribution in [2.24, 2.45) is 0 Å². The molecule has 0 bridgehead atoms. The smallest absolute Gasteiger partial charge is 0.319 e. The Kier molecular flexibility index (Phi) is 9.43. The van der Waals surface area contributed by atoms with Crippen LogP contribution >= 0.6 is 11.6 Å². The first-order valence-corrected chi connectivity index (χ1v) is 8.17. The summed E-state index contributed by atoms with van der Waals surface area (Å²) in [6.07, 6.45) is 0. The molecule has 1 aromatic carbocycles. The molecule has 23 heavy (non-hydrogen) atoms. The van der Waals surface area contributed by atoms with Crippen molar-refractivity contribution >= 4 is 23.3 Å². The number of carbonyl (C=O) groups is 1. The molecule has 0 spiro atoms. The Morgan fingerprint density at radius 3 is 2.61 bits per heavy atom. The highest BCUT2D eigenvalue weighted by Gasteiger charge is 2.06. The Balaban J connectivity index is 2.41. The highest BCUT2D eigenvalue weighted by Crippen LogP contribution is 2.27. The summed E-state index contributed by atoms with van der Waals surface area (Å²) in [5, 5.41) is 6.02. The van der Waals surface area contributed by atoms with E-state index in [1.165, 1.54) is 0 Å². The molecule has 6 nitrogen and oxygen atoms in total. The minimum atomic E-state index is -0.249. The molecular formula is C16H26ClN3O3. The second kappa shape index (κ2) is 11.1. The van der Waals surface area contributed by atoms with Crippen LogP contribution < -0.4 is 15.4 Å². The molecule has 0 aromatic heterocycles. The summed E-state index contributed by atoms with van der Waals surface area (Å²) in [5.74, 6) is 0.566. The van der Waals surface area contributed by atoms with Crippen LogP contribution in [0, 0.1) is 0 Å². The summed E-state index contributed by atoms with van der Waals surface area (Å²) < 4.78 is 10.4. The monoisotopic (exact) mass is 343 g/mol. The van der Waals surface area contributed by atoms with Gasteiger partial charge in [-0.2, -0.15) is 0 Å². The molecule has 0 aliphatic heterocycles. The van der Waals surface area contributed by atoms with E-state index in [1.54, 1.807) is 25.3 Å². The molecule has 2 N–H and O–H groups in total. The van der Waals surface area contributed by atoms with Gasteiger partial charge in [0.2, 0.25) is 0 Å². The van der Waals surface area contributed by atoms with Gasteiger partial charge in [-0.25, -0.2) is 4.79 Å². The number of anilines is 1. The number of halogens is 1. The third kappa shape index (κ3) is 7.54. The van der Waals surface area contributed by atoms with Crippen LogP contribution in [0.3, 0.4) is 0 Å². The average molecular weight is 344 g/mol. The molecule has 2 amide bonds. The maximum Gasteiger partial charge on any atom is 0.319 e. The summed E-state index contributed by atoms with van der Waals surface area (Å²) >= 11 is 6.13. The van der Waals surface area contributed by atoms with Crippen LogP contribution in [0.5, 0.6) is 5.75 Å². The van der Waals surface area contributed by atoms with E-state index in [-0.39, 0.29) is 6.03 Å². The van der Waals surface area contributed by atoms with E-state index in [4.69, 9.17) is 21.1 Å². The number of carbonyl (C=O) groups excluding carboxylic acids is 1. The maximum absolute atomic E-state index is 11.8. The number of amides is 2. The van der Waals surface area contributed by atoms with Crippen molar-refractivity contribution in [2.75, 3.05) is 51.8 Å². The van der Waals surface area contributed by atoms with E-state index in [9.17, 15) is 4.79 Å². The van der Waals surface area contributed by atoms with Crippen molar-refractivity contribution < 1.29 is 14.3 Å². The predicted octanol–water partition coefficient (Wildman–Crippen LogP) is 2.83. The zero-order chi connectivity index (χ0) is 17.1. The van der Waals surface area contributed by atoms with Gasteiger partial charge in [-0.15, -0.1) is 0 Å². The molecule has 7 heteroatoms. The van der Waals surface area contributed by atoms with E-state index in [1.807, 2.05) is 0 Å². The first-order chi connectivity index (χ1) is 11.1. The van der Waals surface area contributed by atoms with E-state index >= 15 is 0 Å². The number of nitrogens with one attached hydrogen (secondary N) is 2. The molecule has 0 radical (unpaired) electrons. The molecule has 0 saturated heterocycles. The second-order valence-corrected chi connectivity index (χ2v) is 5.30. The van der Waals surface area contributed by atoms with Gasteiger partial charge in [-0.1, -0.05) is 25.4 Å². The number of methoxy groups -OCH3 is 1. The SMILES string of the molecule is CCN(CC)CCNC(=O)Nc1ccc(OCCOC)c(Cl)c1. The first-order valence-electron chi connectivity index (χ1n) is 7.79. The van der Waals surface area contributed by atoms with Crippen molar-refractivity contribution in [3.63, 3.8) is 0 Å². The quantitative estimate of drug-likeness (QED) is 0.641. The van der Waals surface area contributed by atoms with Crippen LogP contribution in [-0.2, 0) is 4.74 Å². The van der Waals surface area contributed by atoms with E-state index in [0.717, 1.165) is 19.6 Å². The number of hydrogen-bond acceptors (Lipinski definition) is 4. The normalized spacial score (nSPS) is 10.7. The molecule has 0 fully saturated rings. The van der Waals surface area contributed by atoms with Crippen LogP contribution in [-0.4, -0.2) is 57.4 Å². The fraction of sp³-hybridized carbons (Fsp3) is 0.562. The van der Waals surface area contributed by atoms with Crippen molar-refractivity contribution in [1.29, 1.82) is 0 Å². The number of ether oxygens (including phenoxy) is 2. The third-order valence-corrected chi connectivity index (χ3v) is 3.64. The van der Waals surface area contributed by atoms with Crippen LogP contribution in [0.15, 0.2) is 18.2 Å². The molecular weight excluding hydrogens is 318 g/mol. The zero-order valence-corrected chi connectivity index (χ0v) is 14.8. The summed E-state index contributed by atoms with van der Waals surface area (Å²) in [7, 11) is 1.61. The fourth-order valence-electron chi connectivity index (χ4n) is 1.97. The fourth-order valence-corrected chi connectivity index (χ4v) is 2.21. The van der Waals surface area contributed by atoms with Gasteiger partial charge >= 0.3 is 6.03 Å². The summed E-state index contributed by atoms with van der Waals surface area (Å²) in [5.41, 5.74) is 0.620. The van der Waals surface area contributed by atoms with Crippen molar-refractivity contribution in [3.8, 4) is 5.75 Å². The van der Waals surface area contributed by atoms with Crippen LogP contribution in [0.25, 0.3) is 0 Å². The molecule has 0 heterocycles. The molecule has 130 valence electrons. The Morgan fingerprint density at radius 2 is 2.00 bits per heavy atom. The lowest BCUT2D eigenvalue weighted by atomic mass is 10.3. The first kappa shape index (κ1) is 19.5. The Labute approximate surface area is 143 Å². The van der Waals surface area contributed by atoms with Crippen LogP contribution in [0.4, 0.5) is 10.5 Å². The largest absolute Gasteiger partial charge is 0.490 e. The number of urea groups is 1. The van der Waals surface area contributed by atoms with Crippen LogP contribution in [0.1, 0.15) is 13.8 Å². The lowest BCUT2D eigenvalue weighted by Gasteiger charge is -2.18. The molecule has 0 aliphatic carbocycles. The number of nitrogens with zero attached hydrogens (tertiary/aromatic N) is 1. The summed E-state index contributed by atoms with van der Waals surface area (Å²) in [6.45, 7) is 8.48. The standard InChI is InChI=1S/C16H26ClN3O3/c1-4-20(5-2)9-8-18-16(21)19-13-6-7-15(14(17)12-13)23-11-10-22-3/h6-7,12H,4-5,8-11H2,1-3H3,(H2,18,19,21). The number of benzene rings is 1. The molecule has 1 aromatic rings. The van der Waals surface area contributed by atoms with Gasteiger partial charge in [0.25, 0.3) is 0 Å². The van der Waals surface area contributed by atoms with Gasteiger partial charge in [0.05, 0.1) is 11.6 Å². The van der Waals surface area contributed by atoms with Crippen molar-refractivity contribution in [1.82, 2.24) is 10.2 Å². The molecule has 1 rings (SSSR count). The van der Waals surface area contributed by atoms with E-state index in [0.29, 0.717) is 36.2 Å². The Hall–Kier alpha value is -1.50. The predicted molar refractivity (Wildman–Crippen MR) is 93.6 cm³/mol. The third-order valence-electron chi connectivity index (χ3n) is 3.34. The number of hydrogen-bond donors (Lipinski definition) is 2. The number of rotatable bonds is 10. The van der Waals surface area contributed by atoms with Crippen molar-refractivity contribution in [2.45, 2.75) is 13.8 Å². The van der Waals surface area contributed by atoms with E-state index in [2.05, 4.69) is 29.4 Å². The van der Waals surface area contributed by atoms with Gasteiger partial charge in [0.15, 0.2) is 0 Å². The summed E-state index contributed by atoms with van der Waals surface area (Å²) in [6, 6.07) is 4.89. The number of likely N-dealkylation sites (N-methyl/N-ethyl adjacent to an activating group) is 1. The van der Waals surface area contributed by atoms with Crippen molar-refractivity contribution in [3.05, 3.63) is 23.2 Å². The van der Waals surface area contributed by atoms with Gasteiger partial charge in [-0.05, 0) is 31.3 Å². The second-order valence-electron chi connectivity index (χ2n) is 4.89. The average Bonchev–Trinajstić information content (AvgIpc) is 2.54. The van der Waals surface area contributed by atoms with Gasteiger partial charge in [0.1, 0.15) is 12.4 Å². The minimum Gasteiger partial charge on any atom is -0.490 e. The molecule has 0 saturated carbocycles. The molecule has 0 aliphatic rings. The topological polar surface area (TPSA) is 62.8 Å². The maximum atomic E-state index is 11.8. The minimum absolute atomic E-state index is 0.249. The van der Waals surface area contributed by atoms with Crippen LogP contribution in [0.2, 0.25) is 5.02 Å². The van der Waals surface area contributed by atoms with Gasteiger partial charge in [-0.3, -0.25) is 0 Å². The Morgan fingerprint density at radius 1 is 1.26 bits per heavy atom. The highest BCUT2D eigenvalue weighted by molar-refractivity contribution is 6.32. The molecule has 0 unspecified atom stereocenters. The summed E-state index contributed by atoms with van der Waals surface area (Å²) in [4.78, 5) is 14.1. The lowest BCUT2D eigenvalue weighted by Crippen LogP contribution is -2.36. The Bertz CT molecular complexity index is 482.